The zero-order chi connectivity index (χ0) is 15.2. The number of thiazole rings is 1. The molecule has 0 atom stereocenters. The molecule has 5 nitrogen and oxygen atoms in total. The summed E-state index contributed by atoms with van der Waals surface area (Å²) >= 11 is 1.42. The topological polar surface area (TPSA) is 62.5 Å². The number of para-hydroxylation sites is 1. The molecule has 0 radical (unpaired) electrons. The minimum Gasteiger partial charge on any atom is -0.325 e. The lowest BCUT2D eigenvalue weighted by molar-refractivity contribution is 0.0981. The monoisotopic (exact) mass is 376 g/mol. The summed E-state index contributed by atoms with van der Waals surface area (Å²) in [5, 5.41) is 2.55. The molecule has 2 N–H and O–H groups in total. The van der Waals surface area contributed by atoms with Crippen LogP contribution < -0.4 is 10.6 Å². The Bertz CT molecular complexity index is 592. The van der Waals surface area contributed by atoms with Crippen LogP contribution in [0.5, 0.6) is 0 Å². The van der Waals surface area contributed by atoms with Gasteiger partial charge in [0.15, 0.2) is 0 Å². The fraction of sp³-hybridized carbons (Fsp3) is 0.333. The molecule has 0 bridgehead atoms. The Balaban J connectivity index is 0.00000242. The van der Waals surface area contributed by atoms with Crippen molar-refractivity contribution in [2.24, 2.45) is 5.73 Å². The van der Waals surface area contributed by atoms with Gasteiger partial charge in [-0.05, 0) is 26.2 Å². The molecule has 1 heterocycles. The van der Waals surface area contributed by atoms with E-state index in [4.69, 9.17) is 5.73 Å². The molecule has 0 aliphatic rings. The quantitative estimate of drug-likeness (QED) is 0.841. The average Bonchev–Trinajstić information content (AvgIpc) is 2.97. The van der Waals surface area contributed by atoms with Crippen LogP contribution in [0.15, 0.2) is 35.7 Å². The number of aromatic nitrogens is 1. The standard InChI is InChI=1S/C15H20N4OS.2ClH/c1-18(2)8-9-19(12-6-4-3-5-7-12)15(20)13-11-21-14(10-16)17-13;;/h3-7,11H,8-10,16H2,1-2H3;2*1H. The first-order valence-electron chi connectivity index (χ1n) is 6.78. The lowest BCUT2D eigenvalue weighted by atomic mass is 10.2. The van der Waals surface area contributed by atoms with E-state index in [1.165, 1.54) is 11.3 Å². The van der Waals surface area contributed by atoms with E-state index in [2.05, 4.69) is 9.88 Å². The van der Waals surface area contributed by atoms with Crippen LogP contribution in [-0.2, 0) is 6.54 Å². The number of hydrogen-bond acceptors (Lipinski definition) is 5. The highest BCUT2D eigenvalue weighted by Crippen LogP contribution is 2.18. The third-order valence-corrected chi connectivity index (χ3v) is 3.90. The molecule has 0 unspecified atom stereocenters. The molecule has 0 saturated carbocycles. The van der Waals surface area contributed by atoms with E-state index in [1.54, 1.807) is 10.3 Å². The van der Waals surface area contributed by atoms with Gasteiger partial charge in [0, 0.05) is 30.7 Å². The van der Waals surface area contributed by atoms with Crippen molar-refractivity contribution in [2.75, 3.05) is 32.1 Å². The smallest absolute Gasteiger partial charge is 0.277 e. The molecule has 0 spiro atoms. The summed E-state index contributed by atoms with van der Waals surface area (Å²) in [6.45, 7) is 1.76. The van der Waals surface area contributed by atoms with Crippen LogP contribution in [0.25, 0.3) is 0 Å². The van der Waals surface area contributed by atoms with E-state index in [0.717, 1.165) is 17.2 Å². The number of rotatable bonds is 6. The van der Waals surface area contributed by atoms with E-state index < -0.39 is 0 Å². The van der Waals surface area contributed by atoms with Crippen molar-refractivity contribution in [3.05, 3.63) is 46.4 Å². The number of halogens is 2. The Morgan fingerprint density at radius 2 is 1.83 bits per heavy atom. The fourth-order valence-electron chi connectivity index (χ4n) is 1.90. The largest absolute Gasteiger partial charge is 0.325 e. The molecule has 0 saturated heterocycles. The summed E-state index contributed by atoms with van der Waals surface area (Å²) in [6.07, 6.45) is 0. The Labute approximate surface area is 153 Å². The van der Waals surface area contributed by atoms with Crippen molar-refractivity contribution in [1.82, 2.24) is 9.88 Å². The first-order chi connectivity index (χ1) is 10.1. The van der Waals surface area contributed by atoms with Crippen molar-refractivity contribution in [1.29, 1.82) is 0 Å². The number of hydrogen-bond donors (Lipinski definition) is 1. The first kappa shape index (κ1) is 21.8. The number of likely N-dealkylation sites (N-methyl/N-ethyl adjacent to an activating group) is 1. The minimum absolute atomic E-state index is 0. The van der Waals surface area contributed by atoms with E-state index in [1.807, 2.05) is 44.4 Å². The van der Waals surface area contributed by atoms with Crippen molar-refractivity contribution >= 4 is 47.7 Å². The number of nitrogens with two attached hydrogens (primary N) is 1. The van der Waals surface area contributed by atoms with Gasteiger partial charge in [-0.25, -0.2) is 4.98 Å². The highest BCUT2D eigenvalue weighted by atomic mass is 35.5. The summed E-state index contributed by atoms with van der Waals surface area (Å²) in [7, 11) is 3.98. The van der Waals surface area contributed by atoms with Crippen molar-refractivity contribution in [3.8, 4) is 0 Å². The lowest BCUT2D eigenvalue weighted by Gasteiger charge is -2.23. The Morgan fingerprint density at radius 3 is 2.35 bits per heavy atom. The first-order valence-corrected chi connectivity index (χ1v) is 7.66. The van der Waals surface area contributed by atoms with Crippen LogP contribution in [0.1, 0.15) is 15.5 Å². The van der Waals surface area contributed by atoms with Crippen LogP contribution in [0, 0.1) is 0 Å². The summed E-state index contributed by atoms with van der Waals surface area (Å²) in [5.74, 6) is -0.0843. The van der Waals surface area contributed by atoms with E-state index >= 15 is 0 Å². The van der Waals surface area contributed by atoms with Gasteiger partial charge in [0.2, 0.25) is 0 Å². The van der Waals surface area contributed by atoms with E-state index in [9.17, 15) is 4.79 Å². The van der Waals surface area contributed by atoms with Crippen LogP contribution in [0.3, 0.4) is 0 Å². The fourth-order valence-corrected chi connectivity index (χ4v) is 2.55. The Hall–Kier alpha value is -1.18. The van der Waals surface area contributed by atoms with Gasteiger partial charge in [-0.15, -0.1) is 36.2 Å². The highest BCUT2D eigenvalue weighted by Gasteiger charge is 2.20. The van der Waals surface area contributed by atoms with Gasteiger partial charge < -0.3 is 15.5 Å². The maximum atomic E-state index is 12.7. The number of benzene rings is 1. The third kappa shape index (κ3) is 6.08. The molecule has 0 aliphatic carbocycles. The van der Waals surface area contributed by atoms with Gasteiger partial charge in [0.25, 0.3) is 5.91 Å². The summed E-state index contributed by atoms with van der Waals surface area (Å²) < 4.78 is 0. The van der Waals surface area contributed by atoms with Gasteiger partial charge in [0.1, 0.15) is 10.7 Å². The van der Waals surface area contributed by atoms with Gasteiger partial charge in [-0.1, -0.05) is 18.2 Å². The average molecular weight is 377 g/mol. The molecule has 23 heavy (non-hydrogen) atoms. The lowest BCUT2D eigenvalue weighted by Crippen LogP contribution is -2.37. The Morgan fingerprint density at radius 1 is 1.17 bits per heavy atom. The zero-order valence-corrected chi connectivity index (χ0v) is 15.6. The van der Waals surface area contributed by atoms with Crippen LogP contribution in [0.4, 0.5) is 5.69 Å². The molecule has 1 aromatic heterocycles. The minimum atomic E-state index is -0.0843. The van der Waals surface area contributed by atoms with Crippen molar-refractivity contribution in [3.63, 3.8) is 0 Å². The molecule has 128 valence electrons. The van der Waals surface area contributed by atoms with Gasteiger partial charge in [-0.3, -0.25) is 4.79 Å². The molecule has 1 amide bonds. The third-order valence-electron chi connectivity index (χ3n) is 3.03. The molecule has 0 aliphatic heterocycles. The normalized spacial score (nSPS) is 9.91. The predicted molar refractivity (Wildman–Crippen MR) is 101 cm³/mol. The molecular weight excluding hydrogens is 355 g/mol. The predicted octanol–water partition coefficient (Wildman–Crippen LogP) is 2.65. The molecule has 8 heteroatoms. The van der Waals surface area contributed by atoms with Crippen LogP contribution in [-0.4, -0.2) is 43.0 Å². The maximum Gasteiger partial charge on any atom is 0.277 e. The SMILES string of the molecule is CN(C)CCN(C(=O)c1csc(CN)n1)c1ccccc1.Cl.Cl. The summed E-state index contributed by atoms with van der Waals surface area (Å²) in [5.41, 5.74) is 6.91. The van der Waals surface area contributed by atoms with Crippen molar-refractivity contribution in [2.45, 2.75) is 6.54 Å². The number of carbonyl (C=O) groups is 1. The zero-order valence-electron chi connectivity index (χ0n) is 13.1. The Kier molecular flexibility index (Phi) is 10.0. The highest BCUT2D eigenvalue weighted by molar-refractivity contribution is 7.09. The molecule has 2 rings (SSSR count). The van der Waals surface area contributed by atoms with Crippen LogP contribution >= 0.6 is 36.2 Å². The second-order valence-corrected chi connectivity index (χ2v) is 5.87. The van der Waals surface area contributed by atoms with Crippen molar-refractivity contribution < 1.29 is 4.79 Å². The second-order valence-electron chi connectivity index (χ2n) is 4.93. The van der Waals surface area contributed by atoms with Gasteiger partial charge in [0.05, 0.1) is 0 Å². The molecule has 1 aromatic carbocycles. The maximum absolute atomic E-state index is 12.7. The van der Waals surface area contributed by atoms with E-state index in [0.29, 0.717) is 18.8 Å². The number of carbonyl (C=O) groups excluding carboxylic acids is 1. The molecule has 0 fully saturated rings. The molecular formula is C15H22Cl2N4OS. The summed E-state index contributed by atoms with van der Waals surface area (Å²) in [4.78, 5) is 20.8. The molecule has 2 aromatic rings. The number of nitrogens with zero attached hydrogens (tertiary/aromatic N) is 3. The number of anilines is 1. The van der Waals surface area contributed by atoms with Gasteiger partial charge in [-0.2, -0.15) is 0 Å². The van der Waals surface area contributed by atoms with Crippen LogP contribution in [0.2, 0.25) is 0 Å². The van der Waals surface area contributed by atoms with E-state index in [-0.39, 0.29) is 30.7 Å². The second kappa shape index (κ2) is 10.6. The van der Waals surface area contributed by atoms with Gasteiger partial charge >= 0.3 is 0 Å². The number of amides is 1. The summed E-state index contributed by atoms with van der Waals surface area (Å²) in [6, 6.07) is 9.66.